The second kappa shape index (κ2) is 9.04. The SMILES string of the molecule is CCC(C)NC(=O)c1cccc(NCC(=O)Nc2ccc(C)c(C)c2)c1. The molecular weight excluding hydrogens is 326 g/mol. The molecule has 0 bridgehead atoms. The summed E-state index contributed by atoms with van der Waals surface area (Å²) >= 11 is 0. The maximum atomic E-state index is 12.2. The van der Waals surface area contributed by atoms with Crippen LogP contribution in [0.2, 0.25) is 0 Å². The molecule has 0 aliphatic carbocycles. The Balaban J connectivity index is 1.92. The van der Waals surface area contributed by atoms with E-state index in [1.165, 1.54) is 5.56 Å². The van der Waals surface area contributed by atoms with Crippen LogP contribution in [-0.2, 0) is 4.79 Å². The van der Waals surface area contributed by atoms with Crippen molar-refractivity contribution in [1.82, 2.24) is 5.32 Å². The summed E-state index contributed by atoms with van der Waals surface area (Å²) in [6, 6.07) is 13.1. The number of benzene rings is 2. The van der Waals surface area contributed by atoms with Gasteiger partial charge in [-0.15, -0.1) is 0 Å². The van der Waals surface area contributed by atoms with Gasteiger partial charge in [-0.2, -0.15) is 0 Å². The van der Waals surface area contributed by atoms with Gasteiger partial charge >= 0.3 is 0 Å². The number of hydrogen-bond donors (Lipinski definition) is 3. The first kappa shape index (κ1) is 19.5. The van der Waals surface area contributed by atoms with Gasteiger partial charge < -0.3 is 16.0 Å². The average molecular weight is 353 g/mol. The molecule has 0 fully saturated rings. The van der Waals surface area contributed by atoms with Gasteiger partial charge in [0.1, 0.15) is 0 Å². The number of aryl methyl sites for hydroxylation is 2. The molecular formula is C21H27N3O2. The van der Waals surface area contributed by atoms with Crippen LogP contribution in [0.15, 0.2) is 42.5 Å². The van der Waals surface area contributed by atoms with Crippen LogP contribution in [0.4, 0.5) is 11.4 Å². The monoisotopic (exact) mass is 353 g/mol. The minimum absolute atomic E-state index is 0.109. The number of amides is 2. The quantitative estimate of drug-likeness (QED) is 0.707. The molecule has 2 amide bonds. The molecule has 3 N–H and O–H groups in total. The van der Waals surface area contributed by atoms with Gasteiger partial charge in [0.05, 0.1) is 6.54 Å². The molecule has 2 aromatic carbocycles. The smallest absolute Gasteiger partial charge is 0.251 e. The number of rotatable bonds is 7. The fourth-order valence-electron chi connectivity index (χ4n) is 2.39. The fraction of sp³-hybridized carbons (Fsp3) is 0.333. The summed E-state index contributed by atoms with van der Waals surface area (Å²) in [6.45, 7) is 8.17. The van der Waals surface area contributed by atoms with E-state index >= 15 is 0 Å². The van der Waals surface area contributed by atoms with E-state index in [0.29, 0.717) is 5.56 Å². The topological polar surface area (TPSA) is 70.2 Å². The van der Waals surface area contributed by atoms with Crippen molar-refractivity contribution in [3.8, 4) is 0 Å². The first-order chi connectivity index (χ1) is 12.4. The summed E-state index contributed by atoms with van der Waals surface area (Å²) in [6.07, 6.45) is 0.877. The lowest BCUT2D eigenvalue weighted by Crippen LogP contribution is -2.31. The Hall–Kier alpha value is -2.82. The Labute approximate surface area is 155 Å². The summed E-state index contributed by atoms with van der Waals surface area (Å²) in [5.74, 6) is -0.245. The van der Waals surface area contributed by atoms with Crippen molar-refractivity contribution in [3.05, 3.63) is 59.2 Å². The highest BCUT2D eigenvalue weighted by Crippen LogP contribution is 2.14. The molecule has 0 saturated carbocycles. The van der Waals surface area contributed by atoms with E-state index in [1.54, 1.807) is 18.2 Å². The van der Waals surface area contributed by atoms with Crippen molar-refractivity contribution in [3.63, 3.8) is 0 Å². The lowest BCUT2D eigenvalue weighted by Gasteiger charge is -2.13. The van der Waals surface area contributed by atoms with Crippen molar-refractivity contribution in [2.45, 2.75) is 40.2 Å². The van der Waals surface area contributed by atoms with Gasteiger partial charge in [0.15, 0.2) is 0 Å². The van der Waals surface area contributed by atoms with E-state index in [4.69, 9.17) is 0 Å². The molecule has 0 aromatic heterocycles. The Kier molecular flexibility index (Phi) is 6.78. The van der Waals surface area contributed by atoms with Crippen molar-refractivity contribution in [2.24, 2.45) is 0 Å². The fourth-order valence-corrected chi connectivity index (χ4v) is 2.39. The van der Waals surface area contributed by atoms with Crippen LogP contribution in [0, 0.1) is 13.8 Å². The van der Waals surface area contributed by atoms with E-state index in [-0.39, 0.29) is 24.4 Å². The van der Waals surface area contributed by atoms with Crippen LogP contribution in [0.3, 0.4) is 0 Å². The van der Waals surface area contributed by atoms with Crippen molar-refractivity contribution >= 4 is 23.2 Å². The van der Waals surface area contributed by atoms with Gasteiger partial charge in [-0.3, -0.25) is 9.59 Å². The van der Waals surface area contributed by atoms with Gasteiger partial charge in [-0.25, -0.2) is 0 Å². The third kappa shape index (κ3) is 5.62. The van der Waals surface area contributed by atoms with E-state index in [0.717, 1.165) is 23.4 Å². The number of anilines is 2. The number of hydrogen-bond acceptors (Lipinski definition) is 3. The van der Waals surface area contributed by atoms with Gasteiger partial charge in [0.2, 0.25) is 5.91 Å². The van der Waals surface area contributed by atoms with Crippen molar-refractivity contribution in [1.29, 1.82) is 0 Å². The van der Waals surface area contributed by atoms with E-state index in [2.05, 4.69) is 16.0 Å². The zero-order chi connectivity index (χ0) is 19.1. The highest BCUT2D eigenvalue weighted by molar-refractivity contribution is 5.96. The molecule has 0 aliphatic heterocycles. The molecule has 5 nitrogen and oxygen atoms in total. The Bertz CT molecular complexity index is 787. The minimum Gasteiger partial charge on any atom is -0.376 e. The van der Waals surface area contributed by atoms with E-state index < -0.39 is 0 Å². The zero-order valence-corrected chi connectivity index (χ0v) is 15.8. The Morgan fingerprint density at radius 3 is 2.46 bits per heavy atom. The van der Waals surface area contributed by atoms with E-state index in [1.807, 2.05) is 52.0 Å². The van der Waals surface area contributed by atoms with Crippen LogP contribution in [-0.4, -0.2) is 24.4 Å². The summed E-state index contributed by atoms with van der Waals surface area (Å²) in [4.78, 5) is 24.3. The third-order valence-corrected chi connectivity index (χ3v) is 4.36. The third-order valence-electron chi connectivity index (χ3n) is 4.36. The molecule has 1 atom stereocenters. The molecule has 0 saturated heterocycles. The largest absolute Gasteiger partial charge is 0.376 e. The lowest BCUT2D eigenvalue weighted by atomic mass is 10.1. The summed E-state index contributed by atoms with van der Waals surface area (Å²) in [5, 5.41) is 8.87. The standard InChI is InChI=1S/C21H27N3O2/c1-5-16(4)23-21(26)17-7-6-8-18(12-17)22-13-20(25)24-19-10-9-14(2)15(3)11-19/h6-12,16,22H,5,13H2,1-4H3,(H,23,26)(H,24,25). The predicted molar refractivity (Wildman–Crippen MR) is 107 cm³/mol. The molecule has 5 heteroatoms. The van der Waals surface area contributed by atoms with Gasteiger partial charge in [0.25, 0.3) is 5.91 Å². The average Bonchev–Trinajstić information content (AvgIpc) is 2.63. The van der Waals surface area contributed by atoms with Crippen LogP contribution >= 0.6 is 0 Å². The first-order valence-corrected chi connectivity index (χ1v) is 8.91. The Morgan fingerprint density at radius 2 is 1.77 bits per heavy atom. The van der Waals surface area contributed by atoms with Crippen LogP contribution in [0.25, 0.3) is 0 Å². The molecule has 0 heterocycles. The molecule has 0 spiro atoms. The molecule has 1 unspecified atom stereocenters. The van der Waals surface area contributed by atoms with E-state index in [9.17, 15) is 9.59 Å². The number of carbonyl (C=O) groups is 2. The van der Waals surface area contributed by atoms with Gasteiger partial charge in [0, 0.05) is 23.0 Å². The normalized spacial score (nSPS) is 11.5. The number of carbonyl (C=O) groups excluding carboxylic acids is 2. The summed E-state index contributed by atoms with van der Waals surface area (Å²) in [5.41, 5.74) is 4.41. The maximum Gasteiger partial charge on any atom is 0.251 e. The summed E-state index contributed by atoms with van der Waals surface area (Å²) in [7, 11) is 0. The molecule has 2 aromatic rings. The second-order valence-corrected chi connectivity index (χ2v) is 6.56. The van der Waals surface area contributed by atoms with Gasteiger partial charge in [-0.05, 0) is 68.7 Å². The molecule has 0 aliphatic rings. The molecule has 2 rings (SSSR count). The molecule has 138 valence electrons. The van der Waals surface area contributed by atoms with Crippen molar-refractivity contribution in [2.75, 3.05) is 17.2 Å². The van der Waals surface area contributed by atoms with Crippen molar-refractivity contribution < 1.29 is 9.59 Å². The van der Waals surface area contributed by atoms with Crippen LogP contribution in [0.1, 0.15) is 41.8 Å². The lowest BCUT2D eigenvalue weighted by molar-refractivity contribution is -0.114. The van der Waals surface area contributed by atoms with Gasteiger partial charge in [-0.1, -0.05) is 19.1 Å². The molecule has 0 radical (unpaired) electrons. The first-order valence-electron chi connectivity index (χ1n) is 8.91. The van der Waals surface area contributed by atoms with Crippen LogP contribution < -0.4 is 16.0 Å². The molecule has 26 heavy (non-hydrogen) atoms. The highest BCUT2D eigenvalue weighted by Gasteiger charge is 2.09. The minimum atomic E-state index is -0.136. The number of nitrogens with one attached hydrogen (secondary N) is 3. The maximum absolute atomic E-state index is 12.2. The zero-order valence-electron chi connectivity index (χ0n) is 15.8. The highest BCUT2D eigenvalue weighted by atomic mass is 16.2. The predicted octanol–water partition coefficient (Wildman–Crippen LogP) is 3.88. The summed E-state index contributed by atoms with van der Waals surface area (Å²) < 4.78 is 0. The van der Waals surface area contributed by atoms with Crippen LogP contribution in [0.5, 0.6) is 0 Å². The Morgan fingerprint density at radius 1 is 1.00 bits per heavy atom. The second-order valence-electron chi connectivity index (χ2n) is 6.56.